The number of hydrogen-bond acceptors (Lipinski definition) is 2. The molecule has 0 saturated heterocycles. The van der Waals surface area contributed by atoms with Gasteiger partial charge in [-0.2, -0.15) is 0 Å². The number of hydrogen-bond donors (Lipinski definition) is 1. The summed E-state index contributed by atoms with van der Waals surface area (Å²) in [6, 6.07) is 0. The Bertz CT molecular complexity index is 202. The van der Waals surface area contributed by atoms with Gasteiger partial charge in [0.25, 0.3) is 0 Å². The van der Waals surface area contributed by atoms with Crippen LogP contribution in [0, 0.1) is 5.92 Å². The quantitative estimate of drug-likeness (QED) is 0.457. The van der Waals surface area contributed by atoms with E-state index in [2.05, 4.69) is 12.2 Å². The van der Waals surface area contributed by atoms with Crippen LogP contribution >= 0.6 is 0 Å². The highest BCUT2D eigenvalue weighted by Gasteiger charge is 2.28. The first-order chi connectivity index (χ1) is 9.86. The van der Waals surface area contributed by atoms with Gasteiger partial charge in [0.2, 0.25) is 0 Å². The molecule has 0 radical (unpaired) electrons. The van der Waals surface area contributed by atoms with Gasteiger partial charge in [-0.25, -0.2) is 0 Å². The zero-order valence-corrected chi connectivity index (χ0v) is 14.0. The summed E-state index contributed by atoms with van der Waals surface area (Å²) < 4.78 is 5.90. The van der Waals surface area contributed by atoms with Gasteiger partial charge in [-0.05, 0) is 38.8 Å². The number of rotatable bonds is 14. The zero-order chi connectivity index (χ0) is 14.5. The molecule has 0 amide bonds. The third kappa shape index (κ3) is 8.97. The maximum absolute atomic E-state index is 5.90. The van der Waals surface area contributed by atoms with E-state index < -0.39 is 0 Å². The van der Waals surface area contributed by atoms with Gasteiger partial charge < -0.3 is 10.1 Å². The van der Waals surface area contributed by atoms with Crippen LogP contribution in [0.15, 0.2) is 0 Å². The molecule has 1 rings (SSSR count). The summed E-state index contributed by atoms with van der Waals surface area (Å²) in [6.07, 6.45) is 17.2. The highest BCUT2D eigenvalue weighted by atomic mass is 16.5. The molecule has 120 valence electrons. The molecule has 2 nitrogen and oxygen atoms in total. The first-order valence-electron chi connectivity index (χ1n) is 9.13. The Morgan fingerprint density at radius 2 is 1.40 bits per heavy atom. The first-order valence-corrected chi connectivity index (χ1v) is 9.13. The lowest BCUT2D eigenvalue weighted by molar-refractivity contribution is -0.0307. The topological polar surface area (TPSA) is 21.3 Å². The van der Waals surface area contributed by atoms with Gasteiger partial charge in [-0.1, -0.05) is 64.7 Å². The third-order valence-electron chi connectivity index (χ3n) is 4.54. The summed E-state index contributed by atoms with van der Waals surface area (Å²) in [5.74, 6) is 0.873. The van der Waals surface area contributed by atoms with E-state index in [9.17, 15) is 0 Å². The Kier molecular flexibility index (Phi) is 11.4. The average Bonchev–Trinajstić information content (AvgIpc) is 2.41. The predicted molar refractivity (Wildman–Crippen MR) is 88.2 cm³/mol. The van der Waals surface area contributed by atoms with E-state index in [4.69, 9.17) is 4.74 Å². The van der Waals surface area contributed by atoms with Crippen molar-refractivity contribution in [3.63, 3.8) is 0 Å². The van der Waals surface area contributed by atoms with Crippen LogP contribution in [0.1, 0.15) is 84.0 Å². The van der Waals surface area contributed by atoms with Gasteiger partial charge in [0, 0.05) is 6.61 Å². The fourth-order valence-electron chi connectivity index (χ4n) is 3.11. The summed E-state index contributed by atoms with van der Waals surface area (Å²) in [6.45, 7) is 4.44. The number of ether oxygens (including phenoxy) is 1. The van der Waals surface area contributed by atoms with Crippen LogP contribution in [0.4, 0.5) is 0 Å². The van der Waals surface area contributed by atoms with Crippen LogP contribution in [0.5, 0.6) is 0 Å². The minimum atomic E-state index is 0.576. The van der Waals surface area contributed by atoms with Crippen molar-refractivity contribution in [3.8, 4) is 0 Å². The maximum atomic E-state index is 5.90. The Balaban J connectivity index is 1.69. The molecule has 0 bridgehead atoms. The summed E-state index contributed by atoms with van der Waals surface area (Å²) in [5, 5.41) is 3.25. The van der Waals surface area contributed by atoms with Crippen LogP contribution in [0.2, 0.25) is 0 Å². The van der Waals surface area contributed by atoms with Crippen molar-refractivity contribution in [2.75, 3.05) is 20.2 Å². The van der Waals surface area contributed by atoms with Crippen LogP contribution in [0.3, 0.4) is 0 Å². The maximum Gasteiger partial charge on any atom is 0.0581 e. The van der Waals surface area contributed by atoms with Gasteiger partial charge in [0.15, 0.2) is 0 Å². The van der Waals surface area contributed by atoms with E-state index in [-0.39, 0.29) is 0 Å². The molecule has 20 heavy (non-hydrogen) atoms. The molecule has 0 aromatic rings. The molecule has 0 aromatic heterocycles. The van der Waals surface area contributed by atoms with Crippen LogP contribution in [-0.2, 0) is 4.74 Å². The Labute approximate surface area is 127 Å². The van der Waals surface area contributed by atoms with E-state index in [1.165, 1.54) is 77.0 Å². The second-order valence-electron chi connectivity index (χ2n) is 6.57. The summed E-state index contributed by atoms with van der Waals surface area (Å²) >= 11 is 0. The standard InChI is InChI=1S/C18H37NO/c1-3-4-5-6-7-8-9-10-11-12-13-20-18-14-17(15-18)16-19-2/h17-19H,3-16H2,1-2H3. The SMILES string of the molecule is CCCCCCCCCCCCOC1CC(CNC)C1. The van der Waals surface area contributed by atoms with Crippen molar-refractivity contribution < 1.29 is 4.74 Å². The number of nitrogens with one attached hydrogen (secondary N) is 1. The van der Waals surface area contributed by atoms with Gasteiger partial charge in [-0.3, -0.25) is 0 Å². The van der Waals surface area contributed by atoms with Crippen molar-refractivity contribution >= 4 is 0 Å². The van der Waals surface area contributed by atoms with Gasteiger partial charge in [0.1, 0.15) is 0 Å². The van der Waals surface area contributed by atoms with Crippen molar-refractivity contribution in [2.24, 2.45) is 5.92 Å². The van der Waals surface area contributed by atoms with E-state index >= 15 is 0 Å². The summed E-state index contributed by atoms with van der Waals surface area (Å²) in [5.41, 5.74) is 0. The molecule has 1 aliphatic carbocycles. The predicted octanol–water partition coefficient (Wildman–Crippen LogP) is 4.92. The van der Waals surface area contributed by atoms with E-state index in [1.807, 2.05) is 7.05 Å². The lowest BCUT2D eigenvalue weighted by Gasteiger charge is -2.35. The molecule has 0 aliphatic heterocycles. The lowest BCUT2D eigenvalue weighted by Crippen LogP contribution is -2.37. The molecule has 0 atom stereocenters. The molecule has 0 spiro atoms. The van der Waals surface area contributed by atoms with Crippen LogP contribution in [0.25, 0.3) is 0 Å². The molecule has 0 unspecified atom stereocenters. The molecular formula is C18H37NO. The molecule has 0 heterocycles. The minimum Gasteiger partial charge on any atom is -0.378 e. The van der Waals surface area contributed by atoms with Crippen molar-refractivity contribution in [1.82, 2.24) is 5.32 Å². The Morgan fingerprint density at radius 1 is 0.850 bits per heavy atom. The smallest absolute Gasteiger partial charge is 0.0581 e. The van der Waals surface area contributed by atoms with Crippen LogP contribution < -0.4 is 5.32 Å². The Morgan fingerprint density at radius 3 is 1.95 bits per heavy atom. The van der Waals surface area contributed by atoms with E-state index in [1.54, 1.807) is 0 Å². The summed E-state index contributed by atoms with van der Waals surface area (Å²) in [7, 11) is 2.04. The zero-order valence-electron chi connectivity index (χ0n) is 14.0. The number of unbranched alkanes of at least 4 members (excludes halogenated alkanes) is 9. The second-order valence-corrected chi connectivity index (χ2v) is 6.57. The molecule has 2 heteroatoms. The fourth-order valence-corrected chi connectivity index (χ4v) is 3.11. The highest BCUT2D eigenvalue weighted by Crippen LogP contribution is 2.29. The normalized spacial score (nSPS) is 21.9. The van der Waals surface area contributed by atoms with E-state index in [0.29, 0.717) is 6.10 Å². The highest BCUT2D eigenvalue weighted by molar-refractivity contribution is 4.81. The lowest BCUT2D eigenvalue weighted by atomic mass is 9.82. The van der Waals surface area contributed by atoms with E-state index in [0.717, 1.165) is 19.1 Å². The monoisotopic (exact) mass is 283 g/mol. The third-order valence-corrected chi connectivity index (χ3v) is 4.54. The average molecular weight is 284 g/mol. The summed E-state index contributed by atoms with van der Waals surface area (Å²) in [4.78, 5) is 0. The van der Waals surface area contributed by atoms with Gasteiger partial charge >= 0.3 is 0 Å². The Hall–Kier alpha value is -0.0800. The van der Waals surface area contributed by atoms with Gasteiger partial charge in [0.05, 0.1) is 6.10 Å². The first kappa shape index (κ1) is 18.0. The fraction of sp³-hybridized carbons (Fsp3) is 1.00. The van der Waals surface area contributed by atoms with Crippen molar-refractivity contribution in [2.45, 2.75) is 90.1 Å². The van der Waals surface area contributed by atoms with Crippen molar-refractivity contribution in [1.29, 1.82) is 0 Å². The molecule has 1 saturated carbocycles. The van der Waals surface area contributed by atoms with Gasteiger partial charge in [-0.15, -0.1) is 0 Å². The molecule has 1 N–H and O–H groups in total. The van der Waals surface area contributed by atoms with Crippen LogP contribution in [-0.4, -0.2) is 26.3 Å². The largest absolute Gasteiger partial charge is 0.378 e. The minimum absolute atomic E-state index is 0.576. The molecule has 1 aliphatic rings. The molecular weight excluding hydrogens is 246 g/mol. The second kappa shape index (κ2) is 12.6. The van der Waals surface area contributed by atoms with Crippen molar-refractivity contribution in [3.05, 3.63) is 0 Å². The molecule has 0 aromatic carbocycles. The molecule has 1 fully saturated rings.